The number of fused-ring (bicyclic) bond motifs is 1. The predicted molar refractivity (Wildman–Crippen MR) is 140 cm³/mol. The van der Waals surface area contributed by atoms with Crippen LogP contribution in [-0.4, -0.2) is 71.9 Å². The molecule has 0 bridgehead atoms. The van der Waals surface area contributed by atoms with Crippen LogP contribution < -0.4 is 13.3 Å². The molecule has 37 heavy (non-hydrogen) atoms. The van der Waals surface area contributed by atoms with Crippen LogP contribution in [0.5, 0.6) is 0 Å². The monoisotopic (exact) mass is 632 g/mol. The Kier molecular flexibility index (Phi) is 8.41. The highest BCUT2D eigenvalue weighted by molar-refractivity contribution is 14.1. The third kappa shape index (κ3) is 6.43. The zero-order valence-electron chi connectivity index (χ0n) is 20.5. The Morgan fingerprint density at radius 2 is 1.95 bits per heavy atom. The molecule has 1 aromatic carbocycles. The van der Waals surface area contributed by atoms with E-state index >= 15 is 0 Å². The molecule has 0 spiro atoms. The largest absolute Gasteiger partial charge is 0.405 e. The van der Waals surface area contributed by atoms with E-state index in [1.165, 1.54) is 0 Å². The molecule has 1 aromatic heterocycles. The number of nitrogens with zero attached hydrogens (tertiary/aromatic N) is 5. The lowest BCUT2D eigenvalue weighted by atomic mass is 10.0. The molecule has 0 saturated carbocycles. The summed E-state index contributed by atoms with van der Waals surface area (Å²) in [6.07, 6.45) is -3.41. The smallest absolute Gasteiger partial charge is 0.377 e. The van der Waals surface area contributed by atoms with Gasteiger partial charge in [-0.3, -0.25) is 4.79 Å². The summed E-state index contributed by atoms with van der Waals surface area (Å²) >= 11 is 1.65. The number of urea groups is 1. The van der Waals surface area contributed by atoms with Crippen LogP contribution in [0.4, 0.5) is 29.5 Å². The molecular weight excluding hydrogens is 604 g/mol. The minimum Gasteiger partial charge on any atom is -0.377 e. The average Bonchev–Trinajstić information content (AvgIpc) is 2.90. The number of alkyl halides is 3. The summed E-state index contributed by atoms with van der Waals surface area (Å²) in [6, 6.07) is 5.96. The van der Waals surface area contributed by atoms with Crippen LogP contribution in [0, 0.1) is 0 Å². The van der Waals surface area contributed by atoms with E-state index < -0.39 is 18.8 Å². The molecule has 2 aliphatic rings. The minimum absolute atomic E-state index is 0.0717. The first-order chi connectivity index (χ1) is 17.6. The Morgan fingerprint density at radius 1 is 1.22 bits per heavy atom. The molecule has 1 atom stereocenters. The van der Waals surface area contributed by atoms with Crippen LogP contribution in [-0.2, 0) is 22.5 Å². The van der Waals surface area contributed by atoms with Gasteiger partial charge in [0.25, 0.3) is 0 Å². The Labute approximate surface area is 226 Å². The van der Waals surface area contributed by atoms with Crippen molar-refractivity contribution in [1.29, 1.82) is 0 Å². The standard InChI is InChI=1S/C24H28F3IN6O3/c1-3-20(35)32-9-8-18-19(12-32)30-21(31-22(18)33-10-11-37-13-15(33)2)16-4-6-17(7-5-16)34(28)23(36)29-14-24(25,26)27/h4-7,15H,3,8-14H2,1-2H3,(H,29,36). The molecule has 4 rings (SSSR count). The molecule has 3 heterocycles. The Hall–Kier alpha value is -2.68. The lowest BCUT2D eigenvalue weighted by Crippen LogP contribution is -2.45. The maximum atomic E-state index is 12.4. The first-order valence-corrected chi connectivity index (χ1v) is 13.0. The summed E-state index contributed by atoms with van der Waals surface area (Å²) in [4.78, 5) is 38.2. The van der Waals surface area contributed by atoms with Crippen molar-refractivity contribution in [3.05, 3.63) is 35.5 Å². The molecule has 13 heteroatoms. The van der Waals surface area contributed by atoms with Crippen molar-refractivity contribution >= 4 is 46.3 Å². The van der Waals surface area contributed by atoms with Crippen molar-refractivity contribution in [2.75, 3.05) is 40.9 Å². The van der Waals surface area contributed by atoms with E-state index in [1.807, 2.05) is 17.1 Å². The molecule has 0 aliphatic carbocycles. The zero-order valence-corrected chi connectivity index (χ0v) is 22.7. The number of ether oxygens (including phenoxy) is 1. The maximum absolute atomic E-state index is 12.4. The summed E-state index contributed by atoms with van der Waals surface area (Å²) in [5.41, 5.74) is 2.93. The van der Waals surface area contributed by atoms with Gasteiger partial charge >= 0.3 is 12.2 Å². The molecule has 1 saturated heterocycles. The van der Waals surface area contributed by atoms with Gasteiger partial charge in [0.2, 0.25) is 5.91 Å². The zero-order chi connectivity index (χ0) is 26.7. The second-order valence-electron chi connectivity index (χ2n) is 8.93. The van der Waals surface area contributed by atoms with Gasteiger partial charge in [-0.25, -0.2) is 17.9 Å². The van der Waals surface area contributed by atoms with Crippen molar-refractivity contribution in [3.8, 4) is 11.4 Å². The topological polar surface area (TPSA) is 90.9 Å². The number of carbonyl (C=O) groups is 2. The number of aromatic nitrogens is 2. The second-order valence-corrected chi connectivity index (χ2v) is 9.90. The number of benzene rings is 1. The summed E-state index contributed by atoms with van der Waals surface area (Å²) in [5, 5.41) is 1.85. The molecule has 9 nitrogen and oxygen atoms in total. The van der Waals surface area contributed by atoms with E-state index in [9.17, 15) is 22.8 Å². The SMILES string of the molecule is CCC(=O)N1CCc2c(nc(-c3ccc(N(I)C(=O)NCC(F)(F)F)cc3)nc2N2CCOCC2C)C1. The lowest BCUT2D eigenvalue weighted by Gasteiger charge is -2.37. The van der Waals surface area contributed by atoms with Gasteiger partial charge < -0.3 is 19.9 Å². The van der Waals surface area contributed by atoms with Crippen molar-refractivity contribution < 1.29 is 27.5 Å². The molecule has 2 aromatic rings. The van der Waals surface area contributed by atoms with Gasteiger partial charge in [-0.05, 0) is 37.6 Å². The first kappa shape index (κ1) is 27.4. The summed E-state index contributed by atoms with van der Waals surface area (Å²) in [5.74, 6) is 1.39. The van der Waals surface area contributed by atoms with Crippen LogP contribution in [0.25, 0.3) is 11.4 Å². The summed E-state index contributed by atoms with van der Waals surface area (Å²) in [6.45, 7) is 5.40. The molecule has 200 valence electrons. The quantitative estimate of drug-likeness (QED) is 0.395. The van der Waals surface area contributed by atoms with Crippen LogP contribution >= 0.6 is 22.9 Å². The number of carbonyl (C=O) groups excluding carboxylic acids is 2. The fourth-order valence-electron chi connectivity index (χ4n) is 4.36. The molecule has 2 aliphatic heterocycles. The fourth-order valence-corrected chi connectivity index (χ4v) is 4.85. The van der Waals surface area contributed by atoms with Crippen LogP contribution in [0.1, 0.15) is 31.5 Å². The van der Waals surface area contributed by atoms with E-state index in [1.54, 1.807) is 47.1 Å². The molecule has 1 unspecified atom stereocenters. The lowest BCUT2D eigenvalue weighted by molar-refractivity contribution is -0.131. The van der Waals surface area contributed by atoms with Crippen molar-refractivity contribution in [2.45, 2.75) is 45.5 Å². The van der Waals surface area contributed by atoms with Crippen LogP contribution in [0.3, 0.4) is 0 Å². The number of rotatable bonds is 5. The number of hydrogen-bond acceptors (Lipinski definition) is 6. The number of nitrogens with one attached hydrogen (secondary N) is 1. The maximum Gasteiger partial charge on any atom is 0.405 e. The van der Waals surface area contributed by atoms with Gasteiger partial charge in [0.05, 0.1) is 60.0 Å². The van der Waals surface area contributed by atoms with E-state index in [2.05, 4.69) is 11.8 Å². The highest BCUT2D eigenvalue weighted by atomic mass is 127. The van der Waals surface area contributed by atoms with Crippen molar-refractivity contribution in [1.82, 2.24) is 20.2 Å². The van der Waals surface area contributed by atoms with Gasteiger partial charge in [-0.15, -0.1) is 0 Å². The number of hydrogen-bond donors (Lipinski definition) is 1. The fraction of sp³-hybridized carbons (Fsp3) is 0.500. The predicted octanol–water partition coefficient (Wildman–Crippen LogP) is 4.09. The van der Waals surface area contributed by atoms with Crippen LogP contribution in [0.15, 0.2) is 24.3 Å². The minimum atomic E-state index is -4.49. The molecule has 1 fully saturated rings. The summed E-state index contributed by atoms with van der Waals surface area (Å²) < 4.78 is 44.0. The van der Waals surface area contributed by atoms with E-state index in [-0.39, 0.29) is 11.9 Å². The van der Waals surface area contributed by atoms with Crippen molar-refractivity contribution in [2.24, 2.45) is 0 Å². The molecule has 0 radical (unpaired) electrons. The van der Waals surface area contributed by atoms with Gasteiger partial charge in [0.1, 0.15) is 12.4 Å². The molecule has 3 amide bonds. The molecular formula is C24H28F3IN6O3. The number of morpholine rings is 1. The third-order valence-electron chi connectivity index (χ3n) is 6.31. The van der Waals surface area contributed by atoms with E-state index in [0.717, 1.165) is 20.2 Å². The Bertz CT molecular complexity index is 1150. The highest BCUT2D eigenvalue weighted by Gasteiger charge is 2.31. The second kappa shape index (κ2) is 11.4. The van der Waals surface area contributed by atoms with E-state index in [4.69, 9.17) is 14.7 Å². The Balaban J connectivity index is 1.63. The van der Waals surface area contributed by atoms with Gasteiger partial charge in [-0.1, -0.05) is 6.92 Å². The van der Waals surface area contributed by atoms with Crippen LogP contribution in [0.2, 0.25) is 0 Å². The van der Waals surface area contributed by atoms with Crippen molar-refractivity contribution in [3.63, 3.8) is 0 Å². The van der Waals surface area contributed by atoms with Gasteiger partial charge in [0, 0.05) is 30.6 Å². The normalized spacial score (nSPS) is 17.8. The number of anilines is 2. The Morgan fingerprint density at radius 3 is 2.59 bits per heavy atom. The average molecular weight is 632 g/mol. The highest BCUT2D eigenvalue weighted by Crippen LogP contribution is 2.32. The number of halogens is 4. The first-order valence-electron chi connectivity index (χ1n) is 12.0. The molecule has 1 N–H and O–H groups in total. The number of amides is 3. The van der Waals surface area contributed by atoms with Gasteiger partial charge in [-0.2, -0.15) is 13.2 Å². The van der Waals surface area contributed by atoms with Gasteiger partial charge in [0.15, 0.2) is 5.82 Å². The third-order valence-corrected chi connectivity index (χ3v) is 7.30. The van der Waals surface area contributed by atoms with E-state index in [0.29, 0.717) is 62.8 Å². The summed E-state index contributed by atoms with van der Waals surface area (Å²) in [7, 11) is 0.